The van der Waals surface area contributed by atoms with Crippen molar-refractivity contribution in [2.75, 3.05) is 30.5 Å². The molecule has 3 aromatic rings. The van der Waals surface area contributed by atoms with E-state index in [2.05, 4.69) is 20.3 Å². The van der Waals surface area contributed by atoms with Gasteiger partial charge in [0.05, 0.1) is 24.6 Å². The minimum absolute atomic E-state index is 0.241. The number of thiazole rings is 1. The number of ether oxygens (including phenoxy) is 1. The Hall–Kier alpha value is -3.28. The van der Waals surface area contributed by atoms with E-state index in [1.54, 1.807) is 48.7 Å². The molecular weight excluding hydrogens is 464 g/mol. The molecule has 0 fully saturated rings. The topological polar surface area (TPSA) is 126 Å². The molecule has 2 amide bonds. The molecule has 33 heavy (non-hydrogen) atoms. The van der Waals surface area contributed by atoms with E-state index in [9.17, 15) is 18.0 Å². The zero-order valence-corrected chi connectivity index (χ0v) is 20.0. The molecule has 0 aliphatic heterocycles. The monoisotopic (exact) mass is 488 g/mol. The number of aryl methyl sites for hydroxylation is 1. The molecule has 0 radical (unpaired) electrons. The van der Waals surface area contributed by atoms with Gasteiger partial charge in [-0.25, -0.2) is 22.9 Å². The summed E-state index contributed by atoms with van der Waals surface area (Å²) in [5.41, 5.74) is 1.94. The van der Waals surface area contributed by atoms with Gasteiger partial charge in [0.2, 0.25) is 10.0 Å². The minimum Gasteiger partial charge on any atom is -0.496 e. The van der Waals surface area contributed by atoms with Gasteiger partial charge in [0, 0.05) is 23.2 Å². The summed E-state index contributed by atoms with van der Waals surface area (Å²) in [6.45, 7) is 2.10. The molecule has 1 aromatic heterocycles. The summed E-state index contributed by atoms with van der Waals surface area (Å²) >= 11 is 1.24. The van der Waals surface area contributed by atoms with E-state index < -0.39 is 16.1 Å². The van der Waals surface area contributed by atoms with Crippen LogP contribution in [0.2, 0.25) is 0 Å². The van der Waals surface area contributed by atoms with Crippen LogP contribution in [0.1, 0.15) is 26.4 Å². The third-order valence-electron chi connectivity index (χ3n) is 4.53. The molecule has 0 saturated carbocycles. The summed E-state index contributed by atoms with van der Waals surface area (Å²) in [6.07, 6.45) is 3.12. The summed E-state index contributed by atoms with van der Waals surface area (Å²) in [4.78, 5) is 30.7. The first-order valence-corrected chi connectivity index (χ1v) is 12.6. The highest BCUT2D eigenvalue weighted by atomic mass is 32.2. The van der Waals surface area contributed by atoms with E-state index in [-0.39, 0.29) is 12.3 Å². The summed E-state index contributed by atoms with van der Waals surface area (Å²) in [5.74, 6) is 0.168. The number of anilines is 2. The van der Waals surface area contributed by atoms with Crippen molar-refractivity contribution < 1.29 is 22.7 Å². The van der Waals surface area contributed by atoms with Crippen molar-refractivity contribution in [1.82, 2.24) is 9.71 Å². The van der Waals surface area contributed by atoms with Crippen LogP contribution in [0.25, 0.3) is 0 Å². The second-order valence-electron chi connectivity index (χ2n) is 7.21. The van der Waals surface area contributed by atoms with Crippen molar-refractivity contribution in [3.63, 3.8) is 0 Å². The molecular formula is C22H24N4O5S2. The SMILES string of the molecule is COc1ccccc1C(=O)c1cc(C)ccc1NC(=O)Nc1ncc(CCNS(C)(=O)=O)s1. The molecule has 0 atom stereocenters. The highest BCUT2D eigenvalue weighted by Crippen LogP contribution is 2.26. The number of aromatic nitrogens is 1. The fourth-order valence-corrected chi connectivity index (χ4v) is 4.30. The second kappa shape index (κ2) is 10.6. The molecule has 0 saturated heterocycles. The van der Waals surface area contributed by atoms with Crippen LogP contribution in [0.3, 0.4) is 0 Å². The molecule has 0 spiro atoms. The summed E-state index contributed by atoms with van der Waals surface area (Å²) in [6, 6.07) is 11.5. The van der Waals surface area contributed by atoms with E-state index in [1.807, 2.05) is 6.92 Å². The number of para-hydroxylation sites is 1. The number of rotatable bonds is 9. The van der Waals surface area contributed by atoms with Crippen molar-refractivity contribution in [3.8, 4) is 5.75 Å². The number of sulfonamides is 1. The number of nitrogens with one attached hydrogen (secondary N) is 3. The van der Waals surface area contributed by atoms with Gasteiger partial charge in [-0.1, -0.05) is 23.8 Å². The number of methoxy groups -OCH3 is 1. The molecule has 11 heteroatoms. The predicted molar refractivity (Wildman–Crippen MR) is 129 cm³/mol. The van der Waals surface area contributed by atoms with Gasteiger partial charge in [-0.05, 0) is 37.6 Å². The number of benzene rings is 2. The Morgan fingerprint density at radius 1 is 1.09 bits per heavy atom. The maximum atomic E-state index is 13.2. The lowest BCUT2D eigenvalue weighted by molar-refractivity contribution is 0.103. The van der Waals surface area contributed by atoms with Crippen molar-refractivity contribution in [1.29, 1.82) is 0 Å². The minimum atomic E-state index is -3.26. The quantitative estimate of drug-likeness (QED) is 0.396. The maximum absolute atomic E-state index is 13.2. The maximum Gasteiger partial charge on any atom is 0.325 e. The Balaban J connectivity index is 1.71. The van der Waals surface area contributed by atoms with E-state index in [0.717, 1.165) is 16.7 Å². The smallest absolute Gasteiger partial charge is 0.325 e. The number of amides is 2. The third kappa shape index (κ3) is 6.85. The van der Waals surface area contributed by atoms with Crippen LogP contribution in [-0.4, -0.2) is 45.1 Å². The zero-order chi connectivity index (χ0) is 24.0. The lowest BCUT2D eigenvalue weighted by atomic mass is 9.99. The van der Waals surface area contributed by atoms with Crippen LogP contribution in [0.5, 0.6) is 5.75 Å². The Kier molecular flexibility index (Phi) is 7.79. The van der Waals surface area contributed by atoms with Crippen LogP contribution in [-0.2, 0) is 16.4 Å². The predicted octanol–water partition coefficient (Wildman–Crippen LogP) is 3.43. The highest BCUT2D eigenvalue weighted by Gasteiger charge is 2.19. The number of carbonyl (C=O) groups excluding carboxylic acids is 2. The van der Waals surface area contributed by atoms with Crippen molar-refractivity contribution >= 4 is 44.0 Å². The van der Waals surface area contributed by atoms with Gasteiger partial charge >= 0.3 is 6.03 Å². The Bertz CT molecular complexity index is 1270. The lowest BCUT2D eigenvalue weighted by Gasteiger charge is -2.13. The van der Waals surface area contributed by atoms with Gasteiger partial charge < -0.3 is 10.1 Å². The second-order valence-corrected chi connectivity index (χ2v) is 10.2. The summed E-state index contributed by atoms with van der Waals surface area (Å²) in [5, 5.41) is 5.71. The fourth-order valence-electron chi connectivity index (χ4n) is 3.02. The average Bonchev–Trinajstić information content (AvgIpc) is 3.20. The van der Waals surface area contributed by atoms with Crippen molar-refractivity contribution in [2.45, 2.75) is 13.3 Å². The molecule has 9 nitrogen and oxygen atoms in total. The lowest BCUT2D eigenvalue weighted by Crippen LogP contribution is -2.24. The molecule has 0 bridgehead atoms. The van der Waals surface area contributed by atoms with Crippen LogP contribution in [0, 0.1) is 6.92 Å². The van der Waals surface area contributed by atoms with Crippen LogP contribution in [0.4, 0.5) is 15.6 Å². The van der Waals surface area contributed by atoms with Gasteiger partial charge in [-0.15, -0.1) is 11.3 Å². The largest absolute Gasteiger partial charge is 0.496 e. The number of carbonyl (C=O) groups is 2. The first-order valence-electron chi connectivity index (χ1n) is 9.92. The number of urea groups is 1. The number of hydrogen-bond donors (Lipinski definition) is 3. The van der Waals surface area contributed by atoms with E-state index in [4.69, 9.17) is 4.74 Å². The first kappa shape index (κ1) is 24.4. The molecule has 1 heterocycles. The highest BCUT2D eigenvalue weighted by molar-refractivity contribution is 7.88. The van der Waals surface area contributed by atoms with Crippen LogP contribution in [0.15, 0.2) is 48.7 Å². The molecule has 3 rings (SSSR count). The molecule has 0 aliphatic rings. The number of ketones is 1. The van der Waals surface area contributed by atoms with Crippen molar-refractivity contribution in [3.05, 3.63) is 70.2 Å². The zero-order valence-electron chi connectivity index (χ0n) is 18.3. The van der Waals surface area contributed by atoms with Crippen LogP contribution >= 0.6 is 11.3 Å². The molecule has 174 valence electrons. The summed E-state index contributed by atoms with van der Waals surface area (Å²) in [7, 11) is -1.77. The standard InChI is InChI=1S/C22H24N4O5S2/c1-14-8-9-18(17(12-14)20(27)16-6-4-5-7-19(16)31-2)25-21(28)26-22-23-13-15(32-22)10-11-24-33(3,29)30/h4-9,12-13,24H,10-11H2,1-3H3,(H2,23,25,26,28). The molecule has 2 aromatic carbocycles. The van der Waals surface area contributed by atoms with Gasteiger partial charge in [0.15, 0.2) is 10.9 Å². The van der Waals surface area contributed by atoms with E-state index >= 15 is 0 Å². The fraction of sp³-hybridized carbons (Fsp3) is 0.227. The summed E-state index contributed by atoms with van der Waals surface area (Å²) < 4.78 is 30.0. The molecule has 3 N–H and O–H groups in total. The normalized spacial score (nSPS) is 11.1. The molecule has 0 unspecified atom stereocenters. The van der Waals surface area contributed by atoms with E-state index in [0.29, 0.717) is 34.1 Å². The van der Waals surface area contributed by atoms with Crippen LogP contribution < -0.4 is 20.1 Å². The van der Waals surface area contributed by atoms with Crippen molar-refractivity contribution in [2.24, 2.45) is 0 Å². The Morgan fingerprint density at radius 2 is 1.85 bits per heavy atom. The first-order chi connectivity index (χ1) is 15.7. The van der Waals surface area contributed by atoms with E-state index in [1.165, 1.54) is 18.4 Å². The van der Waals surface area contributed by atoms with Gasteiger partial charge in [0.1, 0.15) is 5.75 Å². The van der Waals surface area contributed by atoms with Gasteiger partial charge in [-0.3, -0.25) is 10.1 Å². The molecule has 0 aliphatic carbocycles. The Labute approximate surface area is 196 Å². The third-order valence-corrected chi connectivity index (χ3v) is 6.23. The Morgan fingerprint density at radius 3 is 2.58 bits per heavy atom. The number of nitrogens with zero attached hydrogens (tertiary/aromatic N) is 1. The van der Waals surface area contributed by atoms with Gasteiger partial charge in [0.25, 0.3) is 0 Å². The average molecular weight is 489 g/mol. The number of hydrogen-bond acceptors (Lipinski definition) is 7. The van der Waals surface area contributed by atoms with Gasteiger partial charge in [-0.2, -0.15) is 0 Å².